The van der Waals surface area contributed by atoms with E-state index in [9.17, 15) is 9.59 Å². The number of hydrogen-bond donors (Lipinski definition) is 3. The maximum atomic E-state index is 9.55. The molecule has 1 aromatic heterocycles. The average Bonchev–Trinajstić information content (AvgIpc) is 2.90. The van der Waals surface area contributed by atoms with Crippen molar-refractivity contribution in [1.82, 2.24) is 14.9 Å². The Bertz CT molecular complexity index is 1220. The highest BCUT2D eigenvalue weighted by molar-refractivity contribution is 5.94. The van der Waals surface area contributed by atoms with Gasteiger partial charge in [0.05, 0.1) is 7.11 Å². The molecule has 0 radical (unpaired) electrons. The molecule has 3 aromatic rings. The van der Waals surface area contributed by atoms with E-state index in [2.05, 4.69) is 68.7 Å². The third kappa shape index (κ3) is 7.92. The monoisotopic (exact) mass is 490 g/mol. The fourth-order valence-corrected chi connectivity index (χ4v) is 3.91. The number of aromatic nitrogens is 2. The highest BCUT2D eigenvalue weighted by Gasteiger charge is 2.14. The number of nitrogens with one attached hydrogen (secondary N) is 1. The fraction of sp³-hybridized carbons (Fsp3) is 0.259. The Morgan fingerprint density at radius 2 is 1.78 bits per heavy atom. The topological polar surface area (TPSA) is 125 Å². The number of anilines is 1. The number of aliphatic carboxylic acids is 2. The summed E-state index contributed by atoms with van der Waals surface area (Å²) in [4.78, 5) is 30.1. The minimum Gasteiger partial charge on any atom is -0.478 e. The number of carboxylic acid groups (broad SMARTS) is 2. The molecule has 9 heteroatoms. The molecule has 0 amide bonds. The Morgan fingerprint density at radius 3 is 2.47 bits per heavy atom. The van der Waals surface area contributed by atoms with Crippen LogP contribution in [0.1, 0.15) is 18.4 Å². The average molecular weight is 491 g/mol. The van der Waals surface area contributed by atoms with E-state index >= 15 is 0 Å². The molecule has 188 valence electrons. The number of carboxylic acids is 2. The Labute approximate surface area is 209 Å². The molecular formula is C27H30N4O5. The quantitative estimate of drug-likeness (QED) is 0.302. The molecule has 0 spiro atoms. The second-order valence-corrected chi connectivity index (χ2v) is 8.01. The van der Waals surface area contributed by atoms with Gasteiger partial charge in [0.2, 0.25) is 0 Å². The van der Waals surface area contributed by atoms with E-state index in [1.165, 1.54) is 21.9 Å². The van der Waals surface area contributed by atoms with Crippen molar-refractivity contribution in [1.29, 1.82) is 0 Å². The van der Waals surface area contributed by atoms with Crippen molar-refractivity contribution < 1.29 is 24.5 Å². The summed E-state index contributed by atoms with van der Waals surface area (Å²) in [6, 6.07) is 15.2. The predicted molar refractivity (Wildman–Crippen MR) is 139 cm³/mol. The van der Waals surface area contributed by atoms with Crippen molar-refractivity contribution in [2.45, 2.75) is 12.8 Å². The summed E-state index contributed by atoms with van der Waals surface area (Å²) < 4.78 is 5.22. The highest BCUT2D eigenvalue weighted by atomic mass is 16.5. The van der Waals surface area contributed by atoms with Crippen molar-refractivity contribution in [3.63, 3.8) is 0 Å². The van der Waals surface area contributed by atoms with Crippen LogP contribution >= 0.6 is 0 Å². The zero-order valence-electron chi connectivity index (χ0n) is 20.1. The number of rotatable bonds is 9. The van der Waals surface area contributed by atoms with Gasteiger partial charge < -0.3 is 20.3 Å². The number of ether oxygens (including phenoxy) is 1. The Balaban J connectivity index is 0.000000392. The van der Waals surface area contributed by atoms with E-state index in [1.54, 1.807) is 19.5 Å². The van der Waals surface area contributed by atoms with E-state index in [1.807, 2.05) is 0 Å². The number of nitrogens with zero attached hydrogens (tertiary/aromatic N) is 3. The van der Waals surface area contributed by atoms with Gasteiger partial charge in [-0.15, -0.1) is 0 Å². The third-order valence-corrected chi connectivity index (χ3v) is 5.60. The van der Waals surface area contributed by atoms with Crippen molar-refractivity contribution in [3.05, 3.63) is 78.6 Å². The number of hydrogen-bond acceptors (Lipinski definition) is 7. The molecule has 0 saturated heterocycles. The van der Waals surface area contributed by atoms with Crippen LogP contribution in [0.3, 0.4) is 0 Å². The first-order valence-electron chi connectivity index (χ1n) is 11.6. The number of benzene rings is 2. The van der Waals surface area contributed by atoms with E-state index in [-0.39, 0.29) is 0 Å². The van der Waals surface area contributed by atoms with Crippen LogP contribution in [-0.2, 0) is 9.59 Å². The molecule has 2 heterocycles. The van der Waals surface area contributed by atoms with Crippen molar-refractivity contribution in [2.24, 2.45) is 0 Å². The Hall–Kier alpha value is -4.24. The zero-order chi connectivity index (χ0) is 25.8. The summed E-state index contributed by atoms with van der Waals surface area (Å²) in [6.07, 6.45) is 8.97. The van der Waals surface area contributed by atoms with Crippen LogP contribution in [0.15, 0.2) is 73.1 Å². The van der Waals surface area contributed by atoms with Crippen LogP contribution in [0.25, 0.3) is 16.3 Å². The molecule has 0 unspecified atom stereocenters. The van der Waals surface area contributed by atoms with E-state index in [0.29, 0.717) is 23.8 Å². The molecule has 0 fully saturated rings. The van der Waals surface area contributed by atoms with Gasteiger partial charge in [-0.2, -0.15) is 0 Å². The van der Waals surface area contributed by atoms with Crippen molar-refractivity contribution in [3.8, 4) is 5.88 Å². The summed E-state index contributed by atoms with van der Waals surface area (Å²) in [7, 11) is 1.61. The largest absolute Gasteiger partial charge is 0.478 e. The summed E-state index contributed by atoms with van der Waals surface area (Å²) in [5.41, 5.74) is 2.85. The number of methoxy groups -OCH3 is 1. The van der Waals surface area contributed by atoms with Crippen LogP contribution in [0, 0.1) is 0 Å². The van der Waals surface area contributed by atoms with Crippen LogP contribution in [-0.4, -0.2) is 70.3 Å². The predicted octanol–water partition coefficient (Wildman–Crippen LogP) is 3.94. The van der Waals surface area contributed by atoms with E-state index in [4.69, 9.17) is 14.9 Å². The Morgan fingerprint density at radius 1 is 1.06 bits per heavy atom. The highest BCUT2D eigenvalue weighted by Crippen LogP contribution is 2.29. The lowest BCUT2D eigenvalue weighted by atomic mass is 9.94. The maximum Gasteiger partial charge on any atom is 0.328 e. The summed E-state index contributed by atoms with van der Waals surface area (Å²) >= 11 is 0. The maximum absolute atomic E-state index is 9.55. The van der Waals surface area contributed by atoms with Crippen LogP contribution in [0.4, 0.5) is 5.82 Å². The van der Waals surface area contributed by atoms with Gasteiger partial charge in [-0.3, -0.25) is 4.90 Å². The standard InChI is InChI=1S/C23H26N4O.C4H4O4/c1-28-23-22(25-13-14-26-23)24-12-5-15-27-16-10-19(11-17-27)21-9-4-7-18-6-2-3-8-20(18)21;5-3(6)1-2-4(7)8/h2-4,6-10,13-14H,5,11-12,15-17H2,1H3,(H,24,25);1-2H,(H,5,6)(H,7,8)/b;2-1+. The smallest absolute Gasteiger partial charge is 0.328 e. The van der Waals surface area contributed by atoms with E-state index < -0.39 is 11.9 Å². The normalized spacial score (nSPS) is 13.5. The molecule has 0 bridgehead atoms. The lowest BCUT2D eigenvalue weighted by Gasteiger charge is -2.27. The third-order valence-electron chi connectivity index (χ3n) is 5.60. The molecule has 9 nitrogen and oxygen atoms in total. The van der Waals surface area contributed by atoms with Gasteiger partial charge in [-0.1, -0.05) is 48.5 Å². The first-order valence-corrected chi connectivity index (χ1v) is 11.6. The van der Waals surface area contributed by atoms with Crippen molar-refractivity contribution >= 4 is 34.1 Å². The summed E-state index contributed by atoms with van der Waals surface area (Å²) in [6.45, 7) is 4.02. The zero-order valence-corrected chi connectivity index (χ0v) is 20.1. The fourth-order valence-electron chi connectivity index (χ4n) is 3.91. The first kappa shape index (κ1) is 26.4. The second-order valence-electron chi connectivity index (χ2n) is 8.01. The number of fused-ring (bicyclic) bond motifs is 1. The minimum atomic E-state index is -1.26. The molecule has 4 rings (SSSR count). The van der Waals surface area contributed by atoms with Crippen LogP contribution < -0.4 is 10.1 Å². The first-order chi connectivity index (χ1) is 17.5. The van der Waals surface area contributed by atoms with Crippen LogP contribution in [0.5, 0.6) is 5.88 Å². The van der Waals surface area contributed by atoms with Gasteiger partial charge in [-0.25, -0.2) is 19.6 Å². The van der Waals surface area contributed by atoms with Gasteiger partial charge in [0.15, 0.2) is 5.82 Å². The lowest BCUT2D eigenvalue weighted by Crippen LogP contribution is -2.30. The van der Waals surface area contributed by atoms with Gasteiger partial charge in [-0.05, 0) is 34.8 Å². The molecule has 0 atom stereocenters. The van der Waals surface area contributed by atoms with E-state index in [0.717, 1.165) is 39.0 Å². The molecule has 1 aliphatic heterocycles. The molecule has 0 aliphatic carbocycles. The van der Waals surface area contributed by atoms with Gasteiger partial charge >= 0.3 is 11.9 Å². The van der Waals surface area contributed by atoms with Crippen LogP contribution in [0.2, 0.25) is 0 Å². The summed E-state index contributed by atoms with van der Waals surface area (Å²) in [5.74, 6) is -1.26. The molecular weight excluding hydrogens is 460 g/mol. The van der Waals surface area contributed by atoms with Crippen molar-refractivity contribution in [2.75, 3.05) is 38.6 Å². The minimum absolute atomic E-state index is 0.545. The lowest BCUT2D eigenvalue weighted by molar-refractivity contribution is -0.134. The Kier molecular flexibility index (Phi) is 9.96. The molecule has 2 aromatic carbocycles. The second kappa shape index (κ2) is 13.6. The molecule has 0 saturated carbocycles. The molecule has 3 N–H and O–H groups in total. The number of carbonyl (C=O) groups is 2. The summed E-state index contributed by atoms with van der Waals surface area (Å²) in [5, 5.41) is 21.6. The molecule has 36 heavy (non-hydrogen) atoms. The molecule has 1 aliphatic rings. The van der Waals surface area contributed by atoms with Gasteiger partial charge in [0.1, 0.15) is 0 Å². The van der Waals surface area contributed by atoms with Gasteiger partial charge in [0.25, 0.3) is 5.88 Å². The van der Waals surface area contributed by atoms with Gasteiger partial charge in [0, 0.05) is 50.7 Å². The SMILES string of the molecule is COc1nccnc1NCCCN1CC=C(c2cccc3ccccc23)CC1.O=C(O)/C=C/C(=O)O.